The molecule has 0 aliphatic heterocycles. The Morgan fingerprint density at radius 3 is 2.93 bits per heavy atom. The van der Waals surface area contributed by atoms with E-state index in [-0.39, 0.29) is 5.69 Å². The summed E-state index contributed by atoms with van der Waals surface area (Å²) in [6.07, 6.45) is 2.24. The zero-order valence-corrected chi connectivity index (χ0v) is 7.38. The normalized spacial score (nSPS) is 12.1. The number of nitrogens with one attached hydrogen (secondary N) is 1. The number of hydrazine groups is 1. The molecule has 0 aliphatic carbocycles. The summed E-state index contributed by atoms with van der Waals surface area (Å²) in [6, 6.07) is -0.673. The minimum absolute atomic E-state index is 0.165. The van der Waals surface area contributed by atoms with Crippen LogP contribution in [0.15, 0.2) is 12.4 Å². The van der Waals surface area contributed by atoms with Crippen LogP contribution in [-0.4, -0.2) is 20.6 Å². The van der Waals surface area contributed by atoms with Crippen molar-refractivity contribution in [1.29, 1.82) is 0 Å². The third-order valence-electron chi connectivity index (χ3n) is 1.72. The van der Waals surface area contributed by atoms with Gasteiger partial charge in [-0.3, -0.25) is 25.0 Å². The van der Waals surface area contributed by atoms with Crippen molar-refractivity contribution in [1.82, 2.24) is 15.2 Å². The molecule has 1 atom stereocenters. The number of nitrogens with zero attached hydrogens (tertiary/aromatic N) is 3. The Balaban J connectivity index is 2.86. The smallest absolute Gasteiger partial charge is 0.292 e. The van der Waals surface area contributed by atoms with Gasteiger partial charge >= 0.3 is 5.69 Å². The number of rotatable bonds is 3. The predicted octanol–water partition coefficient (Wildman–Crippen LogP) is -0.658. The zero-order valence-electron chi connectivity index (χ0n) is 7.38. The highest BCUT2D eigenvalue weighted by Gasteiger charge is 2.17. The minimum Gasteiger partial charge on any atom is -0.292 e. The zero-order chi connectivity index (χ0) is 10.7. The number of aromatic nitrogens is 2. The van der Waals surface area contributed by atoms with Gasteiger partial charge in [0, 0.05) is 0 Å². The second kappa shape index (κ2) is 3.83. The number of carbonyl (C=O) groups is 1. The molecule has 0 radical (unpaired) electrons. The van der Waals surface area contributed by atoms with Gasteiger partial charge < -0.3 is 0 Å². The predicted molar refractivity (Wildman–Crippen MR) is 45.9 cm³/mol. The third-order valence-corrected chi connectivity index (χ3v) is 1.72. The Morgan fingerprint density at radius 1 is 1.86 bits per heavy atom. The Morgan fingerprint density at radius 2 is 2.50 bits per heavy atom. The van der Waals surface area contributed by atoms with Crippen molar-refractivity contribution in [2.45, 2.75) is 13.0 Å². The highest BCUT2D eigenvalue weighted by molar-refractivity contribution is 5.79. The van der Waals surface area contributed by atoms with Crippen molar-refractivity contribution in [3.05, 3.63) is 22.5 Å². The van der Waals surface area contributed by atoms with Gasteiger partial charge in [-0.25, -0.2) is 5.84 Å². The lowest BCUT2D eigenvalue weighted by Gasteiger charge is -2.08. The Kier molecular flexibility index (Phi) is 2.77. The van der Waals surface area contributed by atoms with Crippen LogP contribution in [-0.2, 0) is 4.79 Å². The van der Waals surface area contributed by atoms with E-state index in [1.807, 2.05) is 5.43 Å². The van der Waals surface area contributed by atoms with E-state index in [1.165, 1.54) is 17.8 Å². The molecule has 76 valence electrons. The van der Waals surface area contributed by atoms with E-state index in [1.54, 1.807) is 0 Å². The quantitative estimate of drug-likeness (QED) is 0.290. The number of hydrogen-bond acceptors (Lipinski definition) is 5. The van der Waals surface area contributed by atoms with Crippen LogP contribution in [0.2, 0.25) is 0 Å². The second-order valence-electron chi connectivity index (χ2n) is 2.62. The molecule has 0 bridgehead atoms. The molecule has 0 saturated heterocycles. The lowest BCUT2D eigenvalue weighted by Crippen LogP contribution is -2.36. The lowest BCUT2D eigenvalue weighted by molar-refractivity contribution is -0.385. The van der Waals surface area contributed by atoms with E-state index >= 15 is 0 Å². The van der Waals surface area contributed by atoms with Crippen LogP contribution in [0, 0.1) is 10.1 Å². The van der Waals surface area contributed by atoms with Gasteiger partial charge in [-0.2, -0.15) is 5.10 Å². The molecule has 1 aromatic rings. The molecule has 0 aromatic carbocycles. The summed E-state index contributed by atoms with van der Waals surface area (Å²) in [6.45, 7) is 1.53. The third kappa shape index (κ3) is 1.85. The maximum Gasteiger partial charge on any atom is 0.307 e. The molecule has 3 N–H and O–H groups in total. The monoisotopic (exact) mass is 199 g/mol. The highest BCUT2D eigenvalue weighted by atomic mass is 16.6. The fourth-order valence-corrected chi connectivity index (χ4v) is 0.875. The number of carbonyl (C=O) groups excluding carboxylic acids is 1. The first-order valence-electron chi connectivity index (χ1n) is 3.75. The van der Waals surface area contributed by atoms with Crippen LogP contribution >= 0.6 is 0 Å². The van der Waals surface area contributed by atoms with Gasteiger partial charge in [0.1, 0.15) is 18.4 Å². The molecule has 1 unspecified atom stereocenters. The van der Waals surface area contributed by atoms with Gasteiger partial charge in [-0.05, 0) is 6.92 Å². The van der Waals surface area contributed by atoms with Crippen molar-refractivity contribution in [3.63, 3.8) is 0 Å². The van der Waals surface area contributed by atoms with E-state index in [2.05, 4.69) is 5.10 Å². The standard InChI is InChI=1S/C6H9N5O3/c1-4(6(12)9-7)10-3-5(2-8-10)11(13)14/h2-4H,7H2,1H3,(H,9,12). The SMILES string of the molecule is CC(C(=O)NN)n1cc([N+](=O)[O-])cn1. The molecule has 1 heterocycles. The number of nitrogens with two attached hydrogens (primary N) is 1. The van der Waals surface area contributed by atoms with Crippen LogP contribution < -0.4 is 11.3 Å². The molecule has 8 heteroatoms. The van der Waals surface area contributed by atoms with Crippen molar-refractivity contribution < 1.29 is 9.72 Å². The van der Waals surface area contributed by atoms with E-state index in [0.717, 1.165) is 6.20 Å². The van der Waals surface area contributed by atoms with E-state index in [0.29, 0.717) is 0 Å². The van der Waals surface area contributed by atoms with Crippen molar-refractivity contribution in [3.8, 4) is 0 Å². The van der Waals surface area contributed by atoms with Crippen LogP contribution in [0.3, 0.4) is 0 Å². The topological polar surface area (TPSA) is 116 Å². The molecular formula is C6H9N5O3. The molecule has 14 heavy (non-hydrogen) atoms. The molecule has 0 fully saturated rings. The first-order valence-corrected chi connectivity index (χ1v) is 3.75. The molecule has 0 aliphatic rings. The summed E-state index contributed by atoms with van der Waals surface area (Å²) in [5.74, 6) is 4.43. The van der Waals surface area contributed by atoms with Gasteiger partial charge in [0.15, 0.2) is 0 Å². The van der Waals surface area contributed by atoms with Gasteiger partial charge in [-0.1, -0.05) is 0 Å². The van der Waals surface area contributed by atoms with Crippen LogP contribution in [0.1, 0.15) is 13.0 Å². The van der Waals surface area contributed by atoms with Crippen LogP contribution in [0.5, 0.6) is 0 Å². The Labute approximate surface area is 78.8 Å². The number of nitro groups is 1. The lowest BCUT2D eigenvalue weighted by atomic mass is 10.3. The first kappa shape index (κ1) is 10.1. The Bertz CT molecular complexity index is 360. The molecular weight excluding hydrogens is 190 g/mol. The molecule has 1 aromatic heterocycles. The van der Waals surface area contributed by atoms with E-state index < -0.39 is 16.9 Å². The van der Waals surface area contributed by atoms with Gasteiger partial charge in [0.2, 0.25) is 0 Å². The van der Waals surface area contributed by atoms with Crippen LogP contribution in [0.25, 0.3) is 0 Å². The summed E-state index contributed by atoms with van der Waals surface area (Å²) in [7, 11) is 0. The van der Waals surface area contributed by atoms with Crippen molar-refractivity contribution >= 4 is 11.6 Å². The highest BCUT2D eigenvalue weighted by Crippen LogP contribution is 2.12. The molecule has 0 saturated carbocycles. The summed E-state index contributed by atoms with van der Waals surface area (Å²) < 4.78 is 1.17. The fourth-order valence-electron chi connectivity index (χ4n) is 0.875. The minimum atomic E-state index is -0.673. The fraction of sp³-hybridized carbons (Fsp3) is 0.333. The number of amides is 1. The molecule has 1 rings (SSSR count). The second-order valence-corrected chi connectivity index (χ2v) is 2.62. The Hall–Kier alpha value is -1.96. The first-order chi connectivity index (χ1) is 6.56. The van der Waals surface area contributed by atoms with Gasteiger partial charge in [0.25, 0.3) is 5.91 Å². The molecule has 0 spiro atoms. The maximum atomic E-state index is 11.0. The summed E-state index contributed by atoms with van der Waals surface area (Å²) in [5.41, 5.74) is 1.77. The van der Waals surface area contributed by atoms with Crippen LogP contribution in [0.4, 0.5) is 5.69 Å². The average molecular weight is 199 g/mol. The summed E-state index contributed by atoms with van der Waals surface area (Å²) >= 11 is 0. The number of hydrogen-bond donors (Lipinski definition) is 2. The van der Waals surface area contributed by atoms with Crippen molar-refractivity contribution in [2.24, 2.45) is 5.84 Å². The maximum absolute atomic E-state index is 11.0. The summed E-state index contributed by atoms with van der Waals surface area (Å²) in [5, 5.41) is 14.0. The molecule has 8 nitrogen and oxygen atoms in total. The molecule has 1 amide bonds. The largest absolute Gasteiger partial charge is 0.307 e. The van der Waals surface area contributed by atoms with Gasteiger partial charge in [0.05, 0.1) is 4.92 Å². The summed E-state index contributed by atoms with van der Waals surface area (Å²) in [4.78, 5) is 20.7. The van der Waals surface area contributed by atoms with E-state index in [4.69, 9.17) is 5.84 Å². The van der Waals surface area contributed by atoms with Crippen molar-refractivity contribution in [2.75, 3.05) is 0 Å². The average Bonchev–Trinajstić information content (AvgIpc) is 2.64. The van der Waals surface area contributed by atoms with Gasteiger partial charge in [-0.15, -0.1) is 0 Å². The van der Waals surface area contributed by atoms with E-state index in [9.17, 15) is 14.9 Å².